The summed E-state index contributed by atoms with van der Waals surface area (Å²) in [5.74, 6) is 0.970. The molecule has 1 saturated heterocycles. The molecule has 1 aromatic carbocycles. The van der Waals surface area contributed by atoms with Gasteiger partial charge >= 0.3 is 0 Å². The van der Waals surface area contributed by atoms with E-state index in [0.717, 1.165) is 5.56 Å². The van der Waals surface area contributed by atoms with E-state index >= 15 is 0 Å². The van der Waals surface area contributed by atoms with Crippen LogP contribution in [0.15, 0.2) is 18.2 Å². The molecule has 0 saturated carbocycles. The zero-order valence-corrected chi connectivity index (χ0v) is 13.8. The molecule has 2 aliphatic rings. The molecular formula is C15H20N2O5S. The van der Waals surface area contributed by atoms with E-state index in [-0.39, 0.29) is 25.2 Å². The summed E-state index contributed by atoms with van der Waals surface area (Å²) in [5.41, 5.74) is 0.915. The number of piperidine rings is 1. The number of sulfonamides is 1. The number of hydrogen-bond donors (Lipinski definition) is 1. The second-order valence-electron chi connectivity index (χ2n) is 5.87. The molecule has 1 atom stereocenters. The first-order chi connectivity index (χ1) is 10.9. The highest BCUT2D eigenvalue weighted by Gasteiger charge is 2.30. The molecule has 1 aromatic rings. The molecule has 0 spiro atoms. The van der Waals surface area contributed by atoms with Gasteiger partial charge in [0.25, 0.3) is 0 Å². The Morgan fingerprint density at radius 1 is 1.35 bits per heavy atom. The average molecular weight is 340 g/mol. The summed E-state index contributed by atoms with van der Waals surface area (Å²) in [5, 5.41) is 2.88. The quantitative estimate of drug-likeness (QED) is 0.872. The molecule has 2 aliphatic heterocycles. The Morgan fingerprint density at radius 2 is 2.13 bits per heavy atom. The van der Waals surface area contributed by atoms with Gasteiger partial charge in [0.1, 0.15) is 0 Å². The lowest BCUT2D eigenvalue weighted by Crippen LogP contribution is -2.44. The van der Waals surface area contributed by atoms with Gasteiger partial charge in [-0.15, -0.1) is 0 Å². The van der Waals surface area contributed by atoms with Crippen LogP contribution < -0.4 is 14.8 Å². The lowest BCUT2D eigenvalue weighted by molar-refractivity contribution is -0.126. The Hall–Kier alpha value is -1.80. The van der Waals surface area contributed by atoms with Crippen LogP contribution in [0.3, 0.4) is 0 Å². The fourth-order valence-electron chi connectivity index (χ4n) is 2.84. The van der Waals surface area contributed by atoms with Crippen LogP contribution in [0.2, 0.25) is 0 Å². The van der Waals surface area contributed by atoms with Crippen molar-refractivity contribution in [3.05, 3.63) is 23.8 Å². The number of ether oxygens (including phenoxy) is 2. The van der Waals surface area contributed by atoms with Crippen molar-refractivity contribution in [2.45, 2.75) is 19.4 Å². The van der Waals surface area contributed by atoms with E-state index < -0.39 is 10.0 Å². The van der Waals surface area contributed by atoms with Gasteiger partial charge in [-0.2, -0.15) is 0 Å². The first kappa shape index (κ1) is 16.1. The summed E-state index contributed by atoms with van der Waals surface area (Å²) < 4.78 is 35.1. The second kappa shape index (κ2) is 6.37. The van der Waals surface area contributed by atoms with Gasteiger partial charge < -0.3 is 14.8 Å². The third-order valence-electron chi connectivity index (χ3n) is 4.13. The molecule has 2 heterocycles. The fourth-order valence-corrected chi connectivity index (χ4v) is 3.75. The molecule has 23 heavy (non-hydrogen) atoms. The molecule has 0 radical (unpaired) electrons. The van der Waals surface area contributed by atoms with Crippen molar-refractivity contribution in [3.63, 3.8) is 0 Å². The first-order valence-electron chi connectivity index (χ1n) is 7.55. The summed E-state index contributed by atoms with van der Waals surface area (Å²) >= 11 is 0. The lowest BCUT2D eigenvalue weighted by atomic mass is 9.98. The number of benzene rings is 1. The molecule has 3 rings (SSSR count). The van der Waals surface area contributed by atoms with Gasteiger partial charge in [0.05, 0.1) is 12.2 Å². The van der Waals surface area contributed by atoms with Crippen molar-refractivity contribution in [1.29, 1.82) is 0 Å². The van der Waals surface area contributed by atoms with Gasteiger partial charge in [-0.3, -0.25) is 4.79 Å². The molecule has 1 amide bonds. The van der Waals surface area contributed by atoms with Crippen LogP contribution in [-0.4, -0.2) is 44.8 Å². The maximum atomic E-state index is 12.3. The van der Waals surface area contributed by atoms with Crippen LogP contribution in [0.25, 0.3) is 0 Å². The van der Waals surface area contributed by atoms with E-state index in [2.05, 4.69) is 5.32 Å². The Kier molecular flexibility index (Phi) is 4.45. The van der Waals surface area contributed by atoms with Crippen molar-refractivity contribution in [2.75, 3.05) is 26.1 Å². The van der Waals surface area contributed by atoms with E-state index in [1.54, 1.807) is 0 Å². The summed E-state index contributed by atoms with van der Waals surface area (Å²) in [4.78, 5) is 12.3. The zero-order valence-electron chi connectivity index (χ0n) is 12.9. The average Bonchev–Trinajstić information content (AvgIpc) is 2.99. The predicted octanol–water partition coefficient (Wildman–Crippen LogP) is 0.703. The molecule has 126 valence electrons. The van der Waals surface area contributed by atoms with Crippen LogP contribution in [0.1, 0.15) is 18.4 Å². The normalized spacial score (nSPS) is 21.2. The minimum atomic E-state index is -3.24. The molecule has 8 heteroatoms. The van der Waals surface area contributed by atoms with Crippen LogP contribution in [0.4, 0.5) is 0 Å². The number of carbonyl (C=O) groups is 1. The van der Waals surface area contributed by atoms with Crippen LogP contribution in [-0.2, 0) is 21.4 Å². The highest BCUT2D eigenvalue weighted by atomic mass is 32.2. The van der Waals surface area contributed by atoms with Gasteiger partial charge in [0.2, 0.25) is 22.7 Å². The minimum Gasteiger partial charge on any atom is -0.454 e. The largest absolute Gasteiger partial charge is 0.454 e. The topological polar surface area (TPSA) is 84.9 Å². The third kappa shape index (κ3) is 3.76. The van der Waals surface area contributed by atoms with E-state index in [0.29, 0.717) is 37.4 Å². The Labute approximate surface area is 135 Å². The number of fused-ring (bicyclic) bond motifs is 1. The first-order valence-corrected chi connectivity index (χ1v) is 9.39. The van der Waals surface area contributed by atoms with Crippen molar-refractivity contribution >= 4 is 15.9 Å². The molecular weight excluding hydrogens is 320 g/mol. The molecule has 0 bridgehead atoms. The number of nitrogens with zero attached hydrogens (tertiary/aromatic N) is 1. The van der Waals surface area contributed by atoms with Gasteiger partial charge in [-0.05, 0) is 30.5 Å². The number of nitrogens with one attached hydrogen (secondary N) is 1. The molecule has 7 nitrogen and oxygen atoms in total. The van der Waals surface area contributed by atoms with E-state index in [4.69, 9.17) is 9.47 Å². The monoisotopic (exact) mass is 340 g/mol. The number of rotatable bonds is 4. The number of amides is 1. The van der Waals surface area contributed by atoms with Crippen LogP contribution in [0.5, 0.6) is 11.5 Å². The zero-order chi connectivity index (χ0) is 16.4. The molecule has 1 N–H and O–H groups in total. The lowest BCUT2D eigenvalue weighted by Gasteiger charge is -2.30. The molecule has 0 unspecified atom stereocenters. The predicted molar refractivity (Wildman–Crippen MR) is 83.6 cm³/mol. The second-order valence-corrected chi connectivity index (χ2v) is 7.85. The van der Waals surface area contributed by atoms with Gasteiger partial charge in [0, 0.05) is 19.6 Å². The van der Waals surface area contributed by atoms with E-state index in [1.807, 2.05) is 18.2 Å². The van der Waals surface area contributed by atoms with E-state index in [1.165, 1.54) is 10.6 Å². The van der Waals surface area contributed by atoms with Crippen LogP contribution >= 0.6 is 0 Å². The Bertz CT molecular complexity index is 704. The van der Waals surface area contributed by atoms with Crippen LogP contribution in [0, 0.1) is 5.92 Å². The highest BCUT2D eigenvalue weighted by Crippen LogP contribution is 2.32. The number of carbonyl (C=O) groups excluding carboxylic acids is 1. The summed E-state index contributed by atoms with van der Waals surface area (Å²) in [7, 11) is -3.24. The van der Waals surface area contributed by atoms with Crippen molar-refractivity contribution < 1.29 is 22.7 Å². The van der Waals surface area contributed by atoms with Gasteiger partial charge in [0.15, 0.2) is 11.5 Å². The van der Waals surface area contributed by atoms with Crippen molar-refractivity contribution in [3.8, 4) is 11.5 Å². The fraction of sp³-hybridized carbons (Fsp3) is 0.533. The standard InChI is InChI=1S/C15H20N2O5S/c1-23(19,20)17-6-2-3-12(9-17)15(18)16-8-11-4-5-13-14(7-11)22-10-21-13/h4-5,7,12H,2-3,6,8-10H2,1H3,(H,16,18)/t12-/m0/s1. The maximum Gasteiger partial charge on any atom is 0.231 e. The summed E-state index contributed by atoms with van der Waals surface area (Å²) in [6.45, 7) is 1.34. The van der Waals surface area contributed by atoms with Crippen molar-refractivity contribution in [1.82, 2.24) is 9.62 Å². The third-order valence-corrected chi connectivity index (χ3v) is 5.40. The number of hydrogen-bond acceptors (Lipinski definition) is 5. The van der Waals surface area contributed by atoms with Gasteiger partial charge in [-0.1, -0.05) is 6.07 Å². The highest BCUT2D eigenvalue weighted by molar-refractivity contribution is 7.88. The Morgan fingerprint density at radius 3 is 2.91 bits per heavy atom. The SMILES string of the molecule is CS(=O)(=O)N1CCC[C@H](C(=O)NCc2ccc3c(c2)OCO3)C1. The summed E-state index contributed by atoms with van der Waals surface area (Å²) in [6, 6.07) is 5.53. The molecule has 0 aliphatic carbocycles. The minimum absolute atomic E-state index is 0.115. The molecule has 1 fully saturated rings. The Balaban J connectivity index is 1.57. The summed E-state index contributed by atoms with van der Waals surface area (Å²) in [6.07, 6.45) is 2.59. The van der Waals surface area contributed by atoms with Crippen molar-refractivity contribution in [2.24, 2.45) is 5.92 Å². The maximum absolute atomic E-state index is 12.3. The van der Waals surface area contributed by atoms with E-state index in [9.17, 15) is 13.2 Å². The van der Waals surface area contributed by atoms with Gasteiger partial charge in [-0.25, -0.2) is 12.7 Å². The molecule has 0 aromatic heterocycles. The smallest absolute Gasteiger partial charge is 0.231 e.